The summed E-state index contributed by atoms with van der Waals surface area (Å²) in [6, 6.07) is 5.23. The fourth-order valence-corrected chi connectivity index (χ4v) is 2.15. The molecule has 0 saturated carbocycles. The van der Waals surface area contributed by atoms with Gasteiger partial charge in [-0.2, -0.15) is 0 Å². The topological polar surface area (TPSA) is 42.2 Å². The van der Waals surface area contributed by atoms with Crippen molar-refractivity contribution in [3.63, 3.8) is 0 Å². The molecule has 0 atom stereocenters. The second-order valence-corrected chi connectivity index (χ2v) is 4.64. The summed E-state index contributed by atoms with van der Waals surface area (Å²) in [5.41, 5.74) is 0.460. The van der Waals surface area contributed by atoms with E-state index in [0.29, 0.717) is 10.2 Å². The molecule has 88 valence electrons. The Hall–Kier alpha value is -1.33. The van der Waals surface area contributed by atoms with Gasteiger partial charge >= 0.3 is 5.97 Å². The summed E-state index contributed by atoms with van der Waals surface area (Å²) >= 11 is 9.07. The molecule has 1 heterocycles. The van der Waals surface area contributed by atoms with Gasteiger partial charge in [0.05, 0.1) is 10.7 Å². The minimum absolute atomic E-state index is 0.0467. The predicted molar refractivity (Wildman–Crippen MR) is 65.4 cm³/mol. The monoisotopic (exact) mass is 317 g/mol. The Kier molecular flexibility index (Phi) is 3.22. The van der Waals surface area contributed by atoms with Gasteiger partial charge in [0.25, 0.3) is 0 Å². The zero-order valence-corrected chi connectivity index (χ0v) is 10.7. The molecule has 1 aromatic carbocycles. The highest BCUT2D eigenvalue weighted by Gasteiger charge is 2.15. The summed E-state index contributed by atoms with van der Waals surface area (Å²) in [5.74, 6) is -1.56. The molecule has 2 rings (SSSR count). The lowest BCUT2D eigenvalue weighted by Crippen LogP contribution is -2.06. The van der Waals surface area contributed by atoms with E-state index < -0.39 is 11.8 Å². The van der Waals surface area contributed by atoms with E-state index in [1.807, 2.05) is 0 Å². The van der Waals surface area contributed by atoms with Crippen molar-refractivity contribution in [2.24, 2.45) is 0 Å². The lowest BCUT2D eigenvalue weighted by molar-refractivity contribution is 0.0688. The minimum atomic E-state index is -1.09. The Morgan fingerprint density at radius 2 is 2.12 bits per heavy atom. The van der Waals surface area contributed by atoms with E-state index in [2.05, 4.69) is 15.9 Å². The molecular formula is C11H6BrClFNO2. The lowest BCUT2D eigenvalue weighted by Gasteiger charge is -2.08. The first-order chi connectivity index (χ1) is 7.99. The van der Waals surface area contributed by atoms with Crippen molar-refractivity contribution in [1.82, 2.24) is 4.57 Å². The number of aromatic carboxylic acids is 1. The van der Waals surface area contributed by atoms with Crippen LogP contribution in [0.15, 0.2) is 34.9 Å². The molecule has 3 nitrogen and oxygen atoms in total. The number of carbonyl (C=O) groups is 1. The van der Waals surface area contributed by atoms with Gasteiger partial charge in [-0.1, -0.05) is 11.6 Å². The fourth-order valence-electron chi connectivity index (χ4n) is 1.47. The summed E-state index contributed by atoms with van der Waals surface area (Å²) in [7, 11) is 0. The Balaban J connectivity index is 2.63. The summed E-state index contributed by atoms with van der Waals surface area (Å²) in [6.45, 7) is 0. The number of hydrogen-bond acceptors (Lipinski definition) is 1. The van der Waals surface area contributed by atoms with Gasteiger partial charge in [-0.05, 0) is 40.2 Å². The number of aromatic nitrogens is 1. The minimum Gasteiger partial charge on any atom is -0.477 e. The maximum absolute atomic E-state index is 12.9. The van der Waals surface area contributed by atoms with Gasteiger partial charge < -0.3 is 9.67 Å². The van der Waals surface area contributed by atoms with Crippen molar-refractivity contribution in [2.75, 3.05) is 0 Å². The van der Waals surface area contributed by atoms with E-state index in [0.717, 1.165) is 6.07 Å². The normalized spacial score (nSPS) is 10.5. The average molecular weight is 319 g/mol. The standard InChI is InChI=1S/C11H6BrClFNO2/c12-6-3-10(11(16)17)15(5-6)9-2-1-7(14)4-8(9)13/h1-5H,(H,16,17). The quantitative estimate of drug-likeness (QED) is 0.916. The molecule has 0 aliphatic carbocycles. The van der Waals surface area contributed by atoms with Crippen LogP contribution in [-0.4, -0.2) is 15.6 Å². The van der Waals surface area contributed by atoms with Gasteiger partial charge in [0.1, 0.15) is 11.5 Å². The molecule has 0 bridgehead atoms. The zero-order valence-electron chi connectivity index (χ0n) is 8.32. The number of hydrogen-bond donors (Lipinski definition) is 1. The van der Waals surface area contributed by atoms with Gasteiger partial charge in [0.2, 0.25) is 0 Å². The molecule has 1 aromatic heterocycles. The third kappa shape index (κ3) is 2.35. The second-order valence-electron chi connectivity index (χ2n) is 3.31. The van der Waals surface area contributed by atoms with E-state index in [1.54, 1.807) is 6.20 Å². The summed E-state index contributed by atoms with van der Waals surface area (Å²) < 4.78 is 14.9. The van der Waals surface area contributed by atoms with Crippen molar-refractivity contribution in [3.05, 3.63) is 51.5 Å². The Bertz CT molecular complexity index is 597. The maximum Gasteiger partial charge on any atom is 0.352 e. The van der Waals surface area contributed by atoms with Gasteiger partial charge in [-0.15, -0.1) is 0 Å². The molecule has 0 radical (unpaired) electrons. The molecule has 0 saturated heterocycles. The van der Waals surface area contributed by atoms with Gasteiger partial charge in [-0.3, -0.25) is 0 Å². The highest BCUT2D eigenvalue weighted by atomic mass is 79.9. The van der Waals surface area contributed by atoms with Crippen molar-refractivity contribution >= 4 is 33.5 Å². The number of carboxylic acid groups (broad SMARTS) is 1. The van der Waals surface area contributed by atoms with Crippen LogP contribution >= 0.6 is 27.5 Å². The highest BCUT2D eigenvalue weighted by molar-refractivity contribution is 9.10. The number of rotatable bonds is 2. The van der Waals surface area contributed by atoms with Crippen LogP contribution in [0.5, 0.6) is 0 Å². The molecule has 0 unspecified atom stereocenters. The molecule has 0 spiro atoms. The van der Waals surface area contributed by atoms with Gasteiger partial charge in [0, 0.05) is 10.7 Å². The Labute approximate surface area is 110 Å². The van der Waals surface area contributed by atoms with Gasteiger partial charge in [-0.25, -0.2) is 9.18 Å². The first-order valence-corrected chi connectivity index (χ1v) is 5.73. The number of halogens is 3. The smallest absolute Gasteiger partial charge is 0.352 e. The van der Waals surface area contributed by atoms with Crippen molar-refractivity contribution in [3.8, 4) is 5.69 Å². The van der Waals surface area contributed by atoms with Crippen LogP contribution in [0, 0.1) is 5.82 Å². The largest absolute Gasteiger partial charge is 0.477 e. The van der Waals surface area contributed by atoms with Crippen LogP contribution in [-0.2, 0) is 0 Å². The molecule has 2 aromatic rings. The summed E-state index contributed by atoms with van der Waals surface area (Å²) in [5, 5.41) is 9.18. The second kappa shape index (κ2) is 4.50. The van der Waals surface area contributed by atoms with Crippen molar-refractivity contribution in [1.29, 1.82) is 0 Å². The summed E-state index contributed by atoms with van der Waals surface area (Å²) in [4.78, 5) is 11.0. The molecule has 0 fully saturated rings. The van der Waals surface area contributed by atoms with E-state index in [4.69, 9.17) is 16.7 Å². The average Bonchev–Trinajstić information content (AvgIpc) is 2.60. The summed E-state index contributed by atoms with van der Waals surface area (Å²) in [6.07, 6.45) is 1.56. The number of nitrogens with zero attached hydrogens (tertiary/aromatic N) is 1. The third-order valence-electron chi connectivity index (χ3n) is 2.17. The molecule has 1 N–H and O–H groups in total. The number of carboxylic acids is 1. The van der Waals surface area contributed by atoms with Crippen molar-refractivity contribution in [2.45, 2.75) is 0 Å². The van der Waals surface area contributed by atoms with Crippen LogP contribution in [0.1, 0.15) is 10.5 Å². The van der Waals surface area contributed by atoms with Crippen LogP contribution in [0.2, 0.25) is 5.02 Å². The SMILES string of the molecule is O=C(O)c1cc(Br)cn1-c1ccc(F)cc1Cl. The molecule has 0 aliphatic rings. The van der Waals surface area contributed by atoms with E-state index in [9.17, 15) is 9.18 Å². The van der Waals surface area contributed by atoms with E-state index in [1.165, 1.54) is 22.8 Å². The predicted octanol–water partition coefficient (Wildman–Crippen LogP) is 3.73. The van der Waals surface area contributed by atoms with Crippen LogP contribution < -0.4 is 0 Å². The molecule has 6 heteroatoms. The zero-order chi connectivity index (χ0) is 12.6. The van der Waals surface area contributed by atoms with Gasteiger partial charge in [0.15, 0.2) is 0 Å². The molecule has 0 amide bonds. The van der Waals surface area contributed by atoms with Crippen LogP contribution in [0.3, 0.4) is 0 Å². The Morgan fingerprint density at radius 1 is 1.41 bits per heavy atom. The van der Waals surface area contributed by atoms with Crippen LogP contribution in [0.25, 0.3) is 5.69 Å². The molecule has 17 heavy (non-hydrogen) atoms. The van der Waals surface area contributed by atoms with E-state index >= 15 is 0 Å². The lowest BCUT2D eigenvalue weighted by atomic mass is 10.3. The first kappa shape index (κ1) is 12.1. The first-order valence-electron chi connectivity index (χ1n) is 4.55. The number of benzene rings is 1. The fraction of sp³-hybridized carbons (Fsp3) is 0. The highest BCUT2D eigenvalue weighted by Crippen LogP contribution is 2.26. The molecular weight excluding hydrogens is 312 g/mol. The van der Waals surface area contributed by atoms with E-state index in [-0.39, 0.29) is 10.7 Å². The van der Waals surface area contributed by atoms with Crippen molar-refractivity contribution < 1.29 is 14.3 Å². The Morgan fingerprint density at radius 3 is 2.71 bits per heavy atom. The third-order valence-corrected chi connectivity index (χ3v) is 2.91. The van der Waals surface area contributed by atoms with Crippen LogP contribution in [0.4, 0.5) is 4.39 Å². The maximum atomic E-state index is 12.9. The molecule has 0 aliphatic heterocycles.